The number of sulfone groups is 1. The minimum Gasteiger partial charge on any atom is -0.398 e. The van der Waals surface area contributed by atoms with Crippen LogP contribution < -0.4 is 5.73 Å². The van der Waals surface area contributed by atoms with Crippen molar-refractivity contribution in [2.75, 3.05) is 17.7 Å². The Bertz CT molecular complexity index is 526. The zero-order valence-electron chi connectivity index (χ0n) is 9.44. The number of carbonyl (C=O) groups is 1. The van der Waals surface area contributed by atoms with Crippen LogP contribution in [0.15, 0.2) is 18.2 Å². The third-order valence-corrected chi connectivity index (χ3v) is 3.50. The van der Waals surface area contributed by atoms with Crippen molar-refractivity contribution in [2.24, 2.45) is 0 Å². The molecule has 0 aromatic heterocycles. The molecule has 0 fully saturated rings. The number of benzene rings is 1. The predicted molar refractivity (Wildman–Crippen MR) is 69.1 cm³/mol. The van der Waals surface area contributed by atoms with Crippen LogP contribution in [0.1, 0.15) is 23.2 Å². The van der Waals surface area contributed by atoms with Crippen LogP contribution >= 0.6 is 11.6 Å². The van der Waals surface area contributed by atoms with Crippen LogP contribution in [0, 0.1) is 0 Å². The molecule has 0 atom stereocenters. The summed E-state index contributed by atoms with van der Waals surface area (Å²) < 4.78 is 21.8. The first-order valence-corrected chi connectivity index (χ1v) is 7.49. The van der Waals surface area contributed by atoms with Crippen molar-refractivity contribution in [3.63, 3.8) is 0 Å². The van der Waals surface area contributed by atoms with Crippen molar-refractivity contribution in [2.45, 2.75) is 12.8 Å². The third-order valence-electron chi connectivity index (χ3n) is 2.23. The van der Waals surface area contributed by atoms with Gasteiger partial charge in [-0.2, -0.15) is 0 Å². The first-order chi connectivity index (χ1) is 7.79. The summed E-state index contributed by atoms with van der Waals surface area (Å²) in [5.74, 6) is -0.158. The number of halogens is 1. The normalized spacial score (nSPS) is 11.4. The largest absolute Gasteiger partial charge is 0.398 e. The molecule has 94 valence electrons. The van der Waals surface area contributed by atoms with Crippen LogP contribution in [0.3, 0.4) is 0 Å². The van der Waals surface area contributed by atoms with Gasteiger partial charge in [0.25, 0.3) is 0 Å². The lowest BCUT2D eigenvalue weighted by Crippen LogP contribution is -2.08. The van der Waals surface area contributed by atoms with Gasteiger partial charge in [0, 0.05) is 29.0 Å². The van der Waals surface area contributed by atoms with Gasteiger partial charge in [-0.15, -0.1) is 0 Å². The molecular formula is C11H14ClNO3S. The van der Waals surface area contributed by atoms with E-state index in [1.165, 1.54) is 6.07 Å². The fourth-order valence-electron chi connectivity index (χ4n) is 1.42. The van der Waals surface area contributed by atoms with Gasteiger partial charge in [-0.25, -0.2) is 8.42 Å². The average molecular weight is 276 g/mol. The minimum absolute atomic E-state index is 0.00619. The molecule has 2 N–H and O–H groups in total. The highest BCUT2D eigenvalue weighted by atomic mass is 35.5. The molecule has 4 nitrogen and oxygen atoms in total. The molecule has 0 spiro atoms. The van der Waals surface area contributed by atoms with Crippen molar-refractivity contribution >= 4 is 32.9 Å². The highest BCUT2D eigenvalue weighted by Gasteiger charge is 2.11. The Morgan fingerprint density at radius 3 is 2.59 bits per heavy atom. The second-order valence-corrected chi connectivity index (χ2v) is 6.58. The second kappa shape index (κ2) is 5.51. The van der Waals surface area contributed by atoms with Gasteiger partial charge in [-0.1, -0.05) is 11.6 Å². The molecular weight excluding hydrogens is 262 g/mol. The van der Waals surface area contributed by atoms with E-state index in [4.69, 9.17) is 17.3 Å². The zero-order valence-corrected chi connectivity index (χ0v) is 11.0. The molecule has 0 heterocycles. The monoisotopic (exact) mass is 275 g/mol. The zero-order chi connectivity index (χ0) is 13.1. The Morgan fingerprint density at radius 2 is 2.06 bits per heavy atom. The van der Waals surface area contributed by atoms with Crippen molar-refractivity contribution in [1.29, 1.82) is 0 Å². The summed E-state index contributed by atoms with van der Waals surface area (Å²) in [6.45, 7) is 0. The number of carbonyl (C=O) groups excluding carboxylic acids is 1. The first kappa shape index (κ1) is 14.0. The van der Waals surface area contributed by atoms with Gasteiger partial charge in [0.2, 0.25) is 0 Å². The number of ketones is 1. The van der Waals surface area contributed by atoms with E-state index in [1.807, 2.05) is 0 Å². The van der Waals surface area contributed by atoms with Crippen LogP contribution in [-0.4, -0.2) is 26.2 Å². The lowest BCUT2D eigenvalue weighted by Gasteiger charge is -2.04. The number of rotatable bonds is 5. The lowest BCUT2D eigenvalue weighted by atomic mass is 10.1. The number of hydrogen-bond acceptors (Lipinski definition) is 4. The summed E-state index contributed by atoms with van der Waals surface area (Å²) in [5.41, 5.74) is 6.37. The summed E-state index contributed by atoms with van der Waals surface area (Å²) in [7, 11) is -3.02. The van der Waals surface area contributed by atoms with Gasteiger partial charge in [-0.05, 0) is 24.6 Å². The highest BCUT2D eigenvalue weighted by molar-refractivity contribution is 7.90. The summed E-state index contributed by atoms with van der Waals surface area (Å²) in [6.07, 6.45) is 1.62. The maximum absolute atomic E-state index is 11.7. The molecule has 1 rings (SSSR count). The Kier molecular flexibility index (Phi) is 4.54. The van der Waals surface area contributed by atoms with Crippen molar-refractivity contribution < 1.29 is 13.2 Å². The van der Waals surface area contributed by atoms with Gasteiger partial charge in [-0.3, -0.25) is 4.79 Å². The number of Topliss-reactive ketones (excluding diaryl/α,β-unsaturated/α-hetero) is 1. The van der Waals surface area contributed by atoms with Gasteiger partial charge in [0.05, 0.1) is 5.75 Å². The van der Waals surface area contributed by atoms with E-state index in [-0.39, 0.29) is 18.0 Å². The van der Waals surface area contributed by atoms with E-state index in [2.05, 4.69) is 0 Å². The molecule has 1 aromatic carbocycles. The van der Waals surface area contributed by atoms with Gasteiger partial charge in [0.15, 0.2) is 5.78 Å². The fourth-order valence-corrected chi connectivity index (χ4v) is 2.27. The van der Waals surface area contributed by atoms with E-state index >= 15 is 0 Å². The van der Waals surface area contributed by atoms with Gasteiger partial charge >= 0.3 is 0 Å². The summed E-state index contributed by atoms with van der Waals surface area (Å²) in [4.78, 5) is 11.7. The number of hydrogen-bond donors (Lipinski definition) is 1. The molecule has 1 aromatic rings. The Balaban J connectivity index is 2.65. The van der Waals surface area contributed by atoms with E-state index in [0.29, 0.717) is 22.7 Å². The number of anilines is 1. The average Bonchev–Trinajstić information content (AvgIpc) is 2.15. The smallest absolute Gasteiger partial charge is 0.164 e. The van der Waals surface area contributed by atoms with Gasteiger partial charge in [0.1, 0.15) is 9.84 Å². The van der Waals surface area contributed by atoms with Gasteiger partial charge < -0.3 is 5.73 Å². The summed E-state index contributed by atoms with van der Waals surface area (Å²) in [5, 5.41) is 0.468. The number of nitrogen functional groups attached to an aromatic ring is 1. The van der Waals surface area contributed by atoms with Crippen LogP contribution in [0.25, 0.3) is 0 Å². The van der Waals surface area contributed by atoms with E-state index in [0.717, 1.165) is 6.26 Å². The summed E-state index contributed by atoms with van der Waals surface area (Å²) in [6, 6.07) is 4.65. The molecule has 0 aliphatic rings. The van der Waals surface area contributed by atoms with Crippen molar-refractivity contribution in [3.8, 4) is 0 Å². The molecule has 0 saturated carbocycles. The molecule has 17 heavy (non-hydrogen) atoms. The SMILES string of the molecule is CS(=O)(=O)CCCC(=O)c1ccc(Cl)cc1N. The molecule has 0 aliphatic carbocycles. The maximum Gasteiger partial charge on any atom is 0.164 e. The third kappa shape index (κ3) is 4.75. The Labute approximate surface area is 106 Å². The maximum atomic E-state index is 11.7. The Morgan fingerprint density at radius 1 is 1.41 bits per heavy atom. The fraction of sp³-hybridized carbons (Fsp3) is 0.364. The van der Waals surface area contributed by atoms with Crippen LogP contribution in [0.4, 0.5) is 5.69 Å². The topological polar surface area (TPSA) is 77.2 Å². The van der Waals surface area contributed by atoms with E-state index in [9.17, 15) is 13.2 Å². The van der Waals surface area contributed by atoms with E-state index in [1.54, 1.807) is 12.1 Å². The molecule has 6 heteroatoms. The number of nitrogens with two attached hydrogens (primary N) is 1. The Hall–Kier alpha value is -1.07. The molecule has 0 saturated heterocycles. The van der Waals surface area contributed by atoms with Crippen LogP contribution in [0.5, 0.6) is 0 Å². The molecule has 0 unspecified atom stereocenters. The van der Waals surface area contributed by atoms with Crippen LogP contribution in [-0.2, 0) is 9.84 Å². The first-order valence-electron chi connectivity index (χ1n) is 5.05. The van der Waals surface area contributed by atoms with Crippen molar-refractivity contribution in [1.82, 2.24) is 0 Å². The minimum atomic E-state index is -3.02. The highest BCUT2D eigenvalue weighted by Crippen LogP contribution is 2.19. The van der Waals surface area contributed by atoms with Crippen LogP contribution in [0.2, 0.25) is 5.02 Å². The lowest BCUT2D eigenvalue weighted by molar-refractivity contribution is 0.0983. The van der Waals surface area contributed by atoms with Crippen molar-refractivity contribution in [3.05, 3.63) is 28.8 Å². The molecule has 0 radical (unpaired) electrons. The summed E-state index contributed by atoms with van der Waals surface area (Å²) >= 11 is 5.72. The standard InChI is InChI=1S/C11H14ClNO3S/c1-17(15,16)6-2-3-11(14)9-5-4-8(12)7-10(9)13/h4-5,7H,2-3,6,13H2,1H3. The molecule has 0 bridgehead atoms. The second-order valence-electron chi connectivity index (χ2n) is 3.89. The van der Waals surface area contributed by atoms with E-state index < -0.39 is 9.84 Å². The quantitative estimate of drug-likeness (QED) is 0.658. The molecule has 0 amide bonds. The molecule has 0 aliphatic heterocycles. The predicted octanol–water partition coefficient (Wildman–Crippen LogP) is 1.93.